The Bertz CT molecular complexity index is 334. The van der Waals surface area contributed by atoms with Gasteiger partial charge in [0.05, 0.1) is 6.20 Å². The molecule has 96 valence electrons. The number of hydrogen-bond donors (Lipinski definition) is 1. The first-order valence-electron chi connectivity index (χ1n) is 6.68. The van der Waals surface area contributed by atoms with Gasteiger partial charge in [-0.1, -0.05) is 0 Å². The number of nitrogens with one attached hydrogen (secondary N) is 1. The van der Waals surface area contributed by atoms with Gasteiger partial charge in [0.15, 0.2) is 0 Å². The highest BCUT2D eigenvalue weighted by Crippen LogP contribution is 2.13. The molecule has 1 fully saturated rings. The minimum Gasteiger partial charge on any atom is -0.312 e. The van der Waals surface area contributed by atoms with Crippen molar-refractivity contribution in [1.29, 1.82) is 0 Å². The van der Waals surface area contributed by atoms with E-state index in [0.29, 0.717) is 0 Å². The molecule has 1 aromatic rings. The zero-order valence-electron chi connectivity index (χ0n) is 11.0. The van der Waals surface area contributed by atoms with Crippen molar-refractivity contribution in [1.82, 2.24) is 20.0 Å². The van der Waals surface area contributed by atoms with Gasteiger partial charge in [0.25, 0.3) is 0 Å². The van der Waals surface area contributed by atoms with Gasteiger partial charge in [0.2, 0.25) is 0 Å². The molecular weight excluding hydrogens is 212 g/mol. The molecule has 4 heteroatoms. The second-order valence-corrected chi connectivity index (χ2v) is 5.11. The van der Waals surface area contributed by atoms with Gasteiger partial charge in [-0.2, -0.15) is 5.10 Å². The summed E-state index contributed by atoms with van der Waals surface area (Å²) < 4.78 is 1.98. The van der Waals surface area contributed by atoms with Crippen molar-refractivity contribution < 1.29 is 0 Å². The fourth-order valence-electron chi connectivity index (χ4n) is 2.53. The molecule has 0 aliphatic carbocycles. The van der Waals surface area contributed by atoms with Gasteiger partial charge in [-0.3, -0.25) is 4.68 Å². The maximum Gasteiger partial charge on any atom is 0.0534 e. The molecule has 0 bridgehead atoms. The summed E-state index contributed by atoms with van der Waals surface area (Å²) in [5.41, 5.74) is 1.29. The monoisotopic (exact) mass is 236 g/mol. The lowest BCUT2D eigenvalue weighted by Gasteiger charge is -2.29. The lowest BCUT2D eigenvalue weighted by molar-refractivity contribution is 0.206. The number of aryl methyl sites for hydroxylation is 1. The average Bonchev–Trinajstić information content (AvgIpc) is 2.77. The first kappa shape index (κ1) is 12.6. The Labute approximate surface area is 104 Å². The number of piperidine rings is 1. The number of likely N-dealkylation sites (tertiary alicyclic amines) is 1. The molecule has 1 unspecified atom stereocenters. The molecule has 0 aromatic carbocycles. The number of nitrogens with zero attached hydrogens (tertiary/aromatic N) is 3. The molecule has 1 aliphatic heterocycles. The lowest BCUT2D eigenvalue weighted by atomic mass is 9.98. The summed E-state index contributed by atoms with van der Waals surface area (Å²) in [5, 5.41) is 7.83. The van der Waals surface area contributed by atoms with Crippen LogP contribution in [0.3, 0.4) is 0 Å². The summed E-state index contributed by atoms with van der Waals surface area (Å²) in [6.45, 7) is 7.64. The van der Waals surface area contributed by atoms with E-state index in [-0.39, 0.29) is 0 Å². The molecule has 1 N–H and O–H groups in total. The Morgan fingerprint density at radius 3 is 3.12 bits per heavy atom. The number of hydrogen-bond acceptors (Lipinski definition) is 3. The van der Waals surface area contributed by atoms with Gasteiger partial charge < -0.3 is 10.2 Å². The quantitative estimate of drug-likeness (QED) is 0.837. The van der Waals surface area contributed by atoms with Crippen molar-refractivity contribution in [2.45, 2.75) is 32.9 Å². The van der Waals surface area contributed by atoms with Crippen LogP contribution in [-0.2, 0) is 13.1 Å². The van der Waals surface area contributed by atoms with Gasteiger partial charge in [-0.25, -0.2) is 0 Å². The molecule has 2 heterocycles. The Hall–Kier alpha value is -0.870. The van der Waals surface area contributed by atoms with Crippen LogP contribution >= 0.6 is 0 Å². The fraction of sp³-hybridized carbons (Fsp3) is 0.769. The van der Waals surface area contributed by atoms with Crippen molar-refractivity contribution in [3.05, 3.63) is 18.0 Å². The molecular formula is C13H24N4. The molecule has 4 nitrogen and oxygen atoms in total. The predicted octanol–water partition coefficient (Wildman–Crippen LogP) is 1.33. The van der Waals surface area contributed by atoms with E-state index in [0.717, 1.165) is 25.6 Å². The smallest absolute Gasteiger partial charge is 0.0534 e. The van der Waals surface area contributed by atoms with Gasteiger partial charge in [-0.05, 0) is 45.8 Å². The zero-order valence-corrected chi connectivity index (χ0v) is 11.0. The largest absolute Gasteiger partial charge is 0.312 e. The summed E-state index contributed by atoms with van der Waals surface area (Å²) >= 11 is 0. The van der Waals surface area contributed by atoms with E-state index in [1.165, 1.54) is 31.5 Å². The maximum absolute atomic E-state index is 4.28. The third-order valence-corrected chi connectivity index (χ3v) is 3.49. The van der Waals surface area contributed by atoms with Crippen molar-refractivity contribution >= 4 is 0 Å². The highest BCUT2D eigenvalue weighted by molar-refractivity contribution is 5.03. The van der Waals surface area contributed by atoms with E-state index in [9.17, 15) is 0 Å². The van der Waals surface area contributed by atoms with Crippen LogP contribution in [0.15, 0.2) is 12.4 Å². The van der Waals surface area contributed by atoms with E-state index >= 15 is 0 Å². The van der Waals surface area contributed by atoms with Crippen LogP contribution in [0.4, 0.5) is 0 Å². The Balaban J connectivity index is 1.68. The first-order valence-corrected chi connectivity index (χ1v) is 6.68. The molecule has 1 aromatic heterocycles. The second-order valence-electron chi connectivity index (χ2n) is 5.11. The molecule has 1 aliphatic rings. The molecule has 1 atom stereocenters. The van der Waals surface area contributed by atoms with Crippen LogP contribution in [0.25, 0.3) is 0 Å². The van der Waals surface area contributed by atoms with Crippen LogP contribution in [0, 0.1) is 5.92 Å². The minimum absolute atomic E-state index is 0.815. The maximum atomic E-state index is 4.28. The topological polar surface area (TPSA) is 33.1 Å². The first-order chi connectivity index (χ1) is 8.28. The molecule has 0 saturated carbocycles. The molecule has 17 heavy (non-hydrogen) atoms. The van der Waals surface area contributed by atoms with E-state index in [4.69, 9.17) is 0 Å². The fourth-order valence-corrected chi connectivity index (χ4v) is 2.53. The van der Waals surface area contributed by atoms with Crippen molar-refractivity contribution in [3.8, 4) is 0 Å². The third kappa shape index (κ3) is 3.82. The van der Waals surface area contributed by atoms with Crippen LogP contribution in [0.5, 0.6) is 0 Å². The summed E-state index contributed by atoms with van der Waals surface area (Å²) in [7, 11) is 2.22. The van der Waals surface area contributed by atoms with Crippen molar-refractivity contribution in [2.24, 2.45) is 5.92 Å². The number of aromatic nitrogens is 2. The van der Waals surface area contributed by atoms with E-state index in [2.05, 4.69) is 35.5 Å². The van der Waals surface area contributed by atoms with Gasteiger partial charge in [0, 0.05) is 31.4 Å². The average molecular weight is 236 g/mol. The third-order valence-electron chi connectivity index (χ3n) is 3.49. The van der Waals surface area contributed by atoms with Crippen LogP contribution < -0.4 is 5.32 Å². The van der Waals surface area contributed by atoms with Gasteiger partial charge >= 0.3 is 0 Å². The molecule has 1 saturated heterocycles. The number of rotatable bonds is 5. The summed E-state index contributed by atoms with van der Waals surface area (Å²) in [5.74, 6) is 0.815. The Kier molecular flexibility index (Phi) is 4.57. The second kappa shape index (κ2) is 6.17. The highest BCUT2D eigenvalue weighted by atomic mass is 15.3. The molecule has 0 radical (unpaired) electrons. The zero-order chi connectivity index (χ0) is 12.1. The molecule has 0 amide bonds. The Morgan fingerprint density at radius 1 is 1.53 bits per heavy atom. The SMILES string of the molecule is CCn1cc(CNCC2CCCN(C)C2)cn1. The van der Waals surface area contributed by atoms with Crippen LogP contribution in [0.1, 0.15) is 25.3 Å². The lowest BCUT2D eigenvalue weighted by Crippen LogP contribution is -2.37. The normalized spacial score (nSPS) is 21.9. The van der Waals surface area contributed by atoms with Gasteiger partial charge in [-0.15, -0.1) is 0 Å². The van der Waals surface area contributed by atoms with Crippen LogP contribution in [0.2, 0.25) is 0 Å². The highest BCUT2D eigenvalue weighted by Gasteiger charge is 2.16. The summed E-state index contributed by atoms with van der Waals surface area (Å²) in [4.78, 5) is 2.44. The summed E-state index contributed by atoms with van der Waals surface area (Å²) in [6, 6.07) is 0. The van der Waals surface area contributed by atoms with Crippen LogP contribution in [-0.4, -0.2) is 41.4 Å². The molecule has 2 rings (SSSR count). The van der Waals surface area contributed by atoms with E-state index in [1.807, 2.05) is 10.9 Å². The standard InChI is InChI=1S/C13H24N4/c1-3-17-11-13(9-15-17)8-14-7-12-5-4-6-16(2)10-12/h9,11-12,14H,3-8,10H2,1-2H3. The Morgan fingerprint density at radius 2 is 2.41 bits per heavy atom. The van der Waals surface area contributed by atoms with Crippen molar-refractivity contribution in [3.63, 3.8) is 0 Å². The van der Waals surface area contributed by atoms with Gasteiger partial charge in [0.1, 0.15) is 0 Å². The van der Waals surface area contributed by atoms with Crippen molar-refractivity contribution in [2.75, 3.05) is 26.7 Å². The minimum atomic E-state index is 0.815. The summed E-state index contributed by atoms with van der Waals surface area (Å²) in [6.07, 6.45) is 6.80. The molecule has 0 spiro atoms. The predicted molar refractivity (Wildman–Crippen MR) is 69.8 cm³/mol. The van der Waals surface area contributed by atoms with E-state index < -0.39 is 0 Å². The van der Waals surface area contributed by atoms with E-state index in [1.54, 1.807) is 0 Å².